The molecule has 1 aromatic carbocycles. The smallest absolute Gasteiger partial charge is 0.223 e. The second-order valence-electron chi connectivity index (χ2n) is 4.16. The van der Waals surface area contributed by atoms with Gasteiger partial charge in [-0.3, -0.25) is 0 Å². The highest BCUT2D eigenvalue weighted by Crippen LogP contribution is 2.22. The molecule has 0 bridgehead atoms. The molecule has 2 rings (SSSR count). The van der Waals surface area contributed by atoms with Crippen LogP contribution < -0.4 is 5.32 Å². The molecular formula is C14H16BrN3. The van der Waals surface area contributed by atoms with Crippen molar-refractivity contribution in [2.24, 2.45) is 0 Å². The van der Waals surface area contributed by atoms with Crippen LogP contribution >= 0.6 is 15.9 Å². The van der Waals surface area contributed by atoms with Crippen molar-refractivity contribution in [3.05, 3.63) is 40.5 Å². The van der Waals surface area contributed by atoms with Gasteiger partial charge in [0.15, 0.2) is 0 Å². The maximum atomic E-state index is 4.54. The quantitative estimate of drug-likeness (QED) is 0.926. The summed E-state index contributed by atoms with van der Waals surface area (Å²) in [4.78, 5) is 8.92. The zero-order chi connectivity index (χ0) is 13.0. The fourth-order valence-corrected chi connectivity index (χ4v) is 2.08. The van der Waals surface area contributed by atoms with E-state index >= 15 is 0 Å². The van der Waals surface area contributed by atoms with Gasteiger partial charge in [0.1, 0.15) is 0 Å². The number of nitrogens with one attached hydrogen (secondary N) is 1. The van der Waals surface area contributed by atoms with Crippen molar-refractivity contribution in [3.8, 4) is 11.3 Å². The lowest BCUT2D eigenvalue weighted by molar-refractivity contribution is 0.947. The molecule has 0 radical (unpaired) electrons. The number of aryl methyl sites for hydroxylation is 1. The monoisotopic (exact) mass is 305 g/mol. The molecule has 0 fully saturated rings. The Morgan fingerprint density at radius 2 is 2.06 bits per heavy atom. The number of hydrogen-bond donors (Lipinski definition) is 1. The van der Waals surface area contributed by atoms with Crippen LogP contribution in [0, 0.1) is 6.92 Å². The van der Waals surface area contributed by atoms with Crippen LogP contribution in [-0.4, -0.2) is 16.5 Å². The van der Waals surface area contributed by atoms with Gasteiger partial charge in [-0.2, -0.15) is 0 Å². The first-order valence-corrected chi connectivity index (χ1v) is 6.84. The minimum Gasteiger partial charge on any atom is -0.354 e. The molecule has 0 aliphatic rings. The predicted molar refractivity (Wildman–Crippen MR) is 78.7 cm³/mol. The highest BCUT2D eigenvalue weighted by Gasteiger charge is 2.04. The summed E-state index contributed by atoms with van der Waals surface area (Å²) in [5.41, 5.74) is 3.01. The Morgan fingerprint density at radius 3 is 2.78 bits per heavy atom. The van der Waals surface area contributed by atoms with Crippen LogP contribution in [0.1, 0.15) is 19.0 Å². The molecule has 0 saturated heterocycles. The van der Waals surface area contributed by atoms with E-state index in [1.165, 1.54) is 0 Å². The van der Waals surface area contributed by atoms with Gasteiger partial charge in [-0.1, -0.05) is 35.0 Å². The molecule has 0 amide bonds. The van der Waals surface area contributed by atoms with E-state index in [-0.39, 0.29) is 0 Å². The van der Waals surface area contributed by atoms with Crippen LogP contribution in [0.25, 0.3) is 11.3 Å². The Balaban J connectivity index is 2.35. The van der Waals surface area contributed by atoms with Crippen molar-refractivity contribution < 1.29 is 0 Å². The van der Waals surface area contributed by atoms with E-state index < -0.39 is 0 Å². The minimum atomic E-state index is 0.701. The summed E-state index contributed by atoms with van der Waals surface area (Å²) < 4.78 is 1.05. The number of rotatable bonds is 4. The van der Waals surface area contributed by atoms with E-state index in [0.717, 1.165) is 34.4 Å². The van der Waals surface area contributed by atoms with Crippen molar-refractivity contribution >= 4 is 21.9 Å². The molecule has 4 heteroatoms. The summed E-state index contributed by atoms with van der Waals surface area (Å²) in [5.74, 6) is 0.701. The van der Waals surface area contributed by atoms with E-state index in [9.17, 15) is 0 Å². The van der Waals surface area contributed by atoms with Gasteiger partial charge in [-0.15, -0.1) is 0 Å². The Kier molecular flexibility index (Phi) is 4.31. The lowest BCUT2D eigenvalue weighted by atomic mass is 10.1. The van der Waals surface area contributed by atoms with Crippen molar-refractivity contribution in [3.63, 3.8) is 0 Å². The molecule has 2 aromatic rings. The van der Waals surface area contributed by atoms with Gasteiger partial charge in [0.2, 0.25) is 5.95 Å². The molecule has 18 heavy (non-hydrogen) atoms. The standard InChI is InChI=1S/C14H16BrN3/c1-3-7-16-14-17-10(2)8-13(18-14)11-5-4-6-12(15)9-11/h4-6,8-9H,3,7H2,1-2H3,(H,16,17,18). The number of anilines is 1. The van der Waals surface area contributed by atoms with E-state index in [1.54, 1.807) is 0 Å². The fraction of sp³-hybridized carbons (Fsp3) is 0.286. The zero-order valence-corrected chi connectivity index (χ0v) is 12.2. The van der Waals surface area contributed by atoms with Gasteiger partial charge in [-0.25, -0.2) is 9.97 Å². The molecule has 0 spiro atoms. The van der Waals surface area contributed by atoms with Gasteiger partial charge in [0.25, 0.3) is 0 Å². The molecule has 1 heterocycles. The van der Waals surface area contributed by atoms with Crippen molar-refractivity contribution in [1.82, 2.24) is 9.97 Å². The van der Waals surface area contributed by atoms with Gasteiger partial charge in [0, 0.05) is 22.3 Å². The second kappa shape index (κ2) is 5.96. The fourth-order valence-electron chi connectivity index (χ4n) is 1.68. The molecule has 0 aliphatic heterocycles. The van der Waals surface area contributed by atoms with Crippen molar-refractivity contribution in [2.45, 2.75) is 20.3 Å². The van der Waals surface area contributed by atoms with Crippen LogP contribution in [0.2, 0.25) is 0 Å². The first-order chi connectivity index (χ1) is 8.69. The van der Waals surface area contributed by atoms with Crippen molar-refractivity contribution in [2.75, 3.05) is 11.9 Å². The molecule has 1 N–H and O–H groups in total. The average molecular weight is 306 g/mol. The summed E-state index contributed by atoms with van der Waals surface area (Å²) in [6, 6.07) is 10.1. The minimum absolute atomic E-state index is 0.701. The van der Waals surface area contributed by atoms with E-state index in [0.29, 0.717) is 5.95 Å². The lowest BCUT2D eigenvalue weighted by Gasteiger charge is -2.07. The maximum Gasteiger partial charge on any atom is 0.223 e. The first-order valence-electron chi connectivity index (χ1n) is 6.04. The molecular weight excluding hydrogens is 290 g/mol. The van der Waals surface area contributed by atoms with Gasteiger partial charge < -0.3 is 5.32 Å². The Morgan fingerprint density at radius 1 is 1.22 bits per heavy atom. The number of aromatic nitrogens is 2. The summed E-state index contributed by atoms with van der Waals surface area (Å²) in [6.07, 6.45) is 1.06. The van der Waals surface area contributed by atoms with Crippen LogP contribution in [0.4, 0.5) is 5.95 Å². The summed E-state index contributed by atoms with van der Waals surface area (Å²) >= 11 is 3.48. The average Bonchev–Trinajstić information content (AvgIpc) is 2.36. The highest BCUT2D eigenvalue weighted by molar-refractivity contribution is 9.10. The Bertz CT molecular complexity index is 540. The van der Waals surface area contributed by atoms with Crippen LogP contribution in [0.3, 0.4) is 0 Å². The van der Waals surface area contributed by atoms with E-state index in [2.05, 4.69) is 50.3 Å². The molecule has 1 aromatic heterocycles. The normalized spacial score (nSPS) is 10.4. The summed E-state index contributed by atoms with van der Waals surface area (Å²) in [7, 11) is 0. The Labute approximate surface area is 116 Å². The number of hydrogen-bond acceptors (Lipinski definition) is 3. The molecule has 0 atom stereocenters. The van der Waals surface area contributed by atoms with Gasteiger partial charge in [0.05, 0.1) is 5.69 Å². The highest BCUT2D eigenvalue weighted by atomic mass is 79.9. The second-order valence-corrected chi connectivity index (χ2v) is 5.07. The SMILES string of the molecule is CCCNc1nc(C)cc(-c2cccc(Br)c2)n1. The molecule has 0 unspecified atom stereocenters. The van der Waals surface area contributed by atoms with Crippen LogP contribution in [0.15, 0.2) is 34.8 Å². The van der Waals surface area contributed by atoms with E-state index in [1.807, 2.05) is 25.1 Å². The third kappa shape index (κ3) is 3.29. The van der Waals surface area contributed by atoms with Gasteiger partial charge in [-0.05, 0) is 31.5 Å². The topological polar surface area (TPSA) is 37.8 Å². The number of nitrogens with zero attached hydrogens (tertiary/aromatic N) is 2. The predicted octanol–water partition coefficient (Wildman–Crippen LogP) is 4.04. The van der Waals surface area contributed by atoms with Crippen LogP contribution in [-0.2, 0) is 0 Å². The van der Waals surface area contributed by atoms with E-state index in [4.69, 9.17) is 0 Å². The number of halogens is 1. The third-order valence-corrected chi connectivity index (χ3v) is 3.00. The molecule has 3 nitrogen and oxygen atoms in total. The molecule has 0 aliphatic carbocycles. The van der Waals surface area contributed by atoms with Crippen molar-refractivity contribution in [1.29, 1.82) is 0 Å². The molecule has 94 valence electrons. The maximum absolute atomic E-state index is 4.54. The first kappa shape index (κ1) is 13.0. The third-order valence-electron chi connectivity index (χ3n) is 2.51. The number of benzene rings is 1. The summed E-state index contributed by atoms with van der Waals surface area (Å²) in [6.45, 7) is 5.00. The largest absolute Gasteiger partial charge is 0.354 e. The zero-order valence-electron chi connectivity index (χ0n) is 10.6. The summed E-state index contributed by atoms with van der Waals surface area (Å²) in [5, 5.41) is 3.23. The van der Waals surface area contributed by atoms with Gasteiger partial charge >= 0.3 is 0 Å². The lowest BCUT2D eigenvalue weighted by Crippen LogP contribution is -2.05. The Hall–Kier alpha value is -1.42. The van der Waals surface area contributed by atoms with Crippen LogP contribution in [0.5, 0.6) is 0 Å². The molecule has 0 saturated carbocycles.